The molecule has 1 N–H and O–H groups in total. The Kier molecular flexibility index (Phi) is 7.62. The molecule has 1 fully saturated rings. The second-order valence-electron chi connectivity index (χ2n) is 8.62. The Hall–Kier alpha value is -4.53. The lowest BCUT2D eigenvalue weighted by molar-refractivity contribution is -0.124. The van der Waals surface area contributed by atoms with Crippen LogP contribution in [0.4, 0.5) is 20.6 Å². The molecule has 1 saturated heterocycles. The highest BCUT2D eigenvalue weighted by Crippen LogP contribution is 2.29. The number of aryl methyl sites for hydroxylation is 1. The molecular weight excluding hydrogens is 477 g/mol. The number of anilines is 2. The van der Waals surface area contributed by atoms with Crippen molar-refractivity contribution in [3.05, 3.63) is 95.3 Å². The summed E-state index contributed by atoms with van der Waals surface area (Å²) in [6.07, 6.45) is -0.308. The van der Waals surface area contributed by atoms with Crippen molar-refractivity contribution in [1.29, 1.82) is 0 Å². The largest absolute Gasteiger partial charge is 0.462 e. The fraction of sp³-hybridized carbons (Fsp3) is 0.214. The van der Waals surface area contributed by atoms with Crippen LogP contribution in [-0.2, 0) is 20.9 Å². The smallest absolute Gasteiger partial charge is 0.338 e. The number of carbonyl (C=O) groups excluding carboxylic acids is 4. The number of benzene rings is 3. The summed E-state index contributed by atoms with van der Waals surface area (Å²) < 4.78 is 18.4. The summed E-state index contributed by atoms with van der Waals surface area (Å²) in [6, 6.07) is 17.1. The standard InChI is InChI=1S/C28H26FN3O5/c1-3-37-27(35)20-5-4-6-22(15-20)30-25(33)16-24-26(34)32(23-13-7-18(2)8-14-23)28(36)31(24)17-19-9-11-21(29)12-10-19/h4-15,24H,3,16-17H2,1-2H3,(H,30,33)/t24-/m0/s1. The van der Waals surface area contributed by atoms with E-state index in [9.17, 15) is 23.6 Å². The highest BCUT2D eigenvalue weighted by molar-refractivity contribution is 6.22. The van der Waals surface area contributed by atoms with Crippen LogP contribution in [-0.4, -0.2) is 41.4 Å². The van der Waals surface area contributed by atoms with Crippen molar-refractivity contribution in [2.24, 2.45) is 0 Å². The van der Waals surface area contributed by atoms with Crippen molar-refractivity contribution in [1.82, 2.24) is 4.90 Å². The molecule has 0 unspecified atom stereocenters. The molecular formula is C28H26FN3O5. The van der Waals surface area contributed by atoms with E-state index < -0.39 is 35.7 Å². The molecule has 1 heterocycles. The maximum absolute atomic E-state index is 13.4. The maximum atomic E-state index is 13.4. The Morgan fingerprint density at radius 2 is 1.70 bits per heavy atom. The number of amides is 4. The average molecular weight is 504 g/mol. The van der Waals surface area contributed by atoms with Gasteiger partial charge in [0.05, 0.1) is 24.3 Å². The van der Waals surface area contributed by atoms with E-state index >= 15 is 0 Å². The number of nitrogens with zero attached hydrogens (tertiary/aromatic N) is 2. The third-order valence-corrected chi connectivity index (χ3v) is 5.91. The number of hydrogen-bond donors (Lipinski definition) is 1. The first-order chi connectivity index (χ1) is 17.8. The molecule has 1 aliphatic heterocycles. The van der Waals surface area contributed by atoms with Crippen molar-refractivity contribution in [3.8, 4) is 0 Å². The third-order valence-electron chi connectivity index (χ3n) is 5.91. The Morgan fingerprint density at radius 1 is 1.00 bits per heavy atom. The van der Waals surface area contributed by atoms with Gasteiger partial charge >= 0.3 is 12.0 Å². The van der Waals surface area contributed by atoms with Crippen LogP contribution in [0.15, 0.2) is 72.8 Å². The van der Waals surface area contributed by atoms with Crippen LogP contribution in [0.25, 0.3) is 0 Å². The van der Waals surface area contributed by atoms with Gasteiger partial charge in [0.15, 0.2) is 0 Å². The van der Waals surface area contributed by atoms with Crippen molar-refractivity contribution in [3.63, 3.8) is 0 Å². The number of hydrogen-bond acceptors (Lipinski definition) is 5. The van der Waals surface area contributed by atoms with Crippen LogP contribution in [0.5, 0.6) is 0 Å². The van der Waals surface area contributed by atoms with E-state index in [0.717, 1.165) is 10.5 Å². The minimum Gasteiger partial charge on any atom is -0.462 e. The van der Waals surface area contributed by atoms with E-state index in [1.807, 2.05) is 6.92 Å². The minimum absolute atomic E-state index is 0.0174. The van der Waals surface area contributed by atoms with Crippen LogP contribution >= 0.6 is 0 Å². The average Bonchev–Trinajstić information content (AvgIpc) is 3.10. The van der Waals surface area contributed by atoms with Crippen LogP contribution in [0, 0.1) is 12.7 Å². The molecule has 37 heavy (non-hydrogen) atoms. The molecule has 3 aromatic carbocycles. The Labute approximate surface area is 213 Å². The van der Waals surface area contributed by atoms with Crippen LogP contribution < -0.4 is 10.2 Å². The van der Waals surface area contributed by atoms with Crippen molar-refractivity contribution in [2.75, 3.05) is 16.8 Å². The van der Waals surface area contributed by atoms with Gasteiger partial charge in [-0.15, -0.1) is 0 Å². The predicted molar refractivity (Wildman–Crippen MR) is 135 cm³/mol. The second kappa shape index (κ2) is 11.0. The topological polar surface area (TPSA) is 96.0 Å². The lowest BCUT2D eigenvalue weighted by atomic mass is 10.1. The molecule has 1 aliphatic rings. The Balaban J connectivity index is 1.57. The first kappa shape index (κ1) is 25.6. The monoisotopic (exact) mass is 503 g/mol. The molecule has 0 bridgehead atoms. The van der Waals surface area contributed by atoms with Gasteiger partial charge in [0.25, 0.3) is 5.91 Å². The van der Waals surface area contributed by atoms with Gasteiger partial charge in [0.1, 0.15) is 11.9 Å². The van der Waals surface area contributed by atoms with E-state index in [2.05, 4.69) is 5.32 Å². The maximum Gasteiger partial charge on any atom is 0.338 e. The van der Waals surface area contributed by atoms with Crippen molar-refractivity contribution < 1.29 is 28.3 Å². The van der Waals surface area contributed by atoms with Gasteiger partial charge in [-0.2, -0.15) is 0 Å². The molecule has 9 heteroatoms. The zero-order chi connectivity index (χ0) is 26.5. The van der Waals surface area contributed by atoms with Gasteiger partial charge in [0.2, 0.25) is 5.91 Å². The Bertz CT molecular complexity index is 1320. The first-order valence-corrected chi connectivity index (χ1v) is 11.8. The van der Waals surface area contributed by atoms with Gasteiger partial charge in [-0.05, 0) is 61.9 Å². The molecule has 4 amide bonds. The molecule has 0 spiro atoms. The number of halogens is 1. The Morgan fingerprint density at radius 3 is 2.38 bits per heavy atom. The summed E-state index contributed by atoms with van der Waals surface area (Å²) in [5, 5.41) is 2.69. The molecule has 1 atom stereocenters. The van der Waals surface area contributed by atoms with Gasteiger partial charge in [-0.3, -0.25) is 9.59 Å². The predicted octanol–water partition coefficient (Wildman–Crippen LogP) is 4.68. The number of ether oxygens (including phenoxy) is 1. The SMILES string of the molecule is CCOC(=O)c1cccc(NC(=O)C[C@H]2C(=O)N(c3ccc(C)cc3)C(=O)N2Cc2ccc(F)cc2)c1. The summed E-state index contributed by atoms with van der Waals surface area (Å²) in [5.74, 6) is -1.99. The minimum atomic E-state index is -1.08. The van der Waals surface area contributed by atoms with Crippen LogP contribution in [0.1, 0.15) is 34.8 Å². The molecule has 4 rings (SSSR count). The molecule has 0 aliphatic carbocycles. The van der Waals surface area contributed by atoms with Crippen molar-refractivity contribution >= 4 is 35.2 Å². The number of imide groups is 1. The molecule has 0 radical (unpaired) electrons. The summed E-state index contributed by atoms with van der Waals surface area (Å²) in [7, 11) is 0. The summed E-state index contributed by atoms with van der Waals surface area (Å²) in [6.45, 7) is 3.82. The summed E-state index contributed by atoms with van der Waals surface area (Å²) in [5.41, 5.74) is 2.60. The summed E-state index contributed by atoms with van der Waals surface area (Å²) >= 11 is 0. The molecule has 8 nitrogen and oxygen atoms in total. The van der Waals surface area contributed by atoms with Gasteiger partial charge in [0, 0.05) is 12.2 Å². The molecule has 0 aromatic heterocycles. The fourth-order valence-electron chi connectivity index (χ4n) is 4.06. The van der Waals surface area contributed by atoms with Gasteiger partial charge in [-0.1, -0.05) is 35.9 Å². The fourth-order valence-corrected chi connectivity index (χ4v) is 4.06. The highest BCUT2D eigenvalue weighted by atomic mass is 19.1. The number of rotatable bonds is 8. The number of nitrogens with one attached hydrogen (secondary N) is 1. The normalized spacial score (nSPS) is 15.2. The van der Waals surface area contributed by atoms with E-state index in [0.29, 0.717) is 16.9 Å². The zero-order valence-electron chi connectivity index (χ0n) is 20.4. The van der Waals surface area contributed by atoms with Gasteiger partial charge < -0.3 is 15.0 Å². The lowest BCUT2D eigenvalue weighted by Gasteiger charge is -2.21. The van der Waals surface area contributed by atoms with Crippen LogP contribution in [0.2, 0.25) is 0 Å². The molecule has 3 aromatic rings. The van der Waals surface area contributed by atoms with E-state index in [1.165, 1.54) is 35.2 Å². The van der Waals surface area contributed by atoms with Gasteiger partial charge in [-0.25, -0.2) is 18.9 Å². The zero-order valence-corrected chi connectivity index (χ0v) is 20.4. The van der Waals surface area contributed by atoms with E-state index in [4.69, 9.17) is 4.74 Å². The molecule has 190 valence electrons. The summed E-state index contributed by atoms with van der Waals surface area (Å²) in [4.78, 5) is 54.2. The van der Waals surface area contributed by atoms with E-state index in [-0.39, 0.29) is 25.1 Å². The van der Waals surface area contributed by atoms with Crippen LogP contribution in [0.3, 0.4) is 0 Å². The first-order valence-electron chi connectivity index (χ1n) is 11.8. The molecule has 0 saturated carbocycles. The number of urea groups is 1. The van der Waals surface area contributed by atoms with E-state index in [1.54, 1.807) is 49.4 Å². The van der Waals surface area contributed by atoms with Crippen molar-refractivity contribution in [2.45, 2.75) is 32.9 Å². The third kappa shape index (κ3) is 5.83. The number of esters is 1. The second-order valence-corrected chi connectivity index (χ2v) is 8.62. The highest BCUT2D eigenvalue weighted by Gasteiger charge is 2.46. The quantitative estimate of drug-likeness (QED) is 0.356. The lowest BCUT2D eigenvalue weighted by Crippen LogP contribution is -2.37. The number of carbonyl (C=O) groups is 4.